The van der Waals surface area contributed by atoms with Gasteiger partial charge in [-0.1, -0.05) is 19.3 Å². The quantitative estimate of drug-likeness (QED) is 0.585. The minimum absolute atomic E-state index is 0.710. The molecule has 0 bridgehead atoms. The Morgan fingerprint density at radius 2 is 1.68 bits per heavy atom. The molecule has 0 aromatic rings. The van der Waals surface area contributed by atoms with Gasteiger partial charge in [-0.2, -0.15) is 0 Å². The van der Waals surface area contributed by atoms with Crippen LogP contribution in [-0.2, 0) is 0 Å². The van der Waals surface area contributed by atoms with E-state index in [9.17, 15) is 0 Å². The number of guanidine groups is 1. The first-order valence-electron chi connectivity index (χ1n) is 9.53. The van der Waals surface area contributed by atoms with E-state index in [1.54, 1.807) is 0 Å². The zero-order chi connectivity index (χ0) is 15.2. The minimum atomic E-state index is 0.710. The Balaban J connectivity index is 1.39. The van der Waals surface area contributed by atoms with Crippen LogP contribution in [0.1, 0.15) is 57.8 Å². The van der Waals surface area contributed by atoms with Gasteiger partial charge in [0.2, 0.25) is 0 Å². The van der Waals surface area contributed by atoms with E-state index in [0.29, 0.717) is 6.04 Å². The fraction of sp³-hybridized carbons (Fsp3) is 0.944. The summed E-state index contributed by atoms with van der Waals surface area (Å²) in [5, 5.41) is 7.03. The summed E-state index contributed by atoms with van der Waals surface area (Å²) in [6.45, 7) is 4.78. The third kappa shape index (κ3) is 4.87. The molecule has 1 saturated heterocycles. The fourth-order valence-corrected chi connectivity index (χ4v) is 4.07. The van der Waals surface area contributed by atoms with Crippen LogP contribution in [0.15, 0.2) is 4.99 Å². The van der Waals surface area contributed by atoms with Gasteiger partial charge in [0.1, 0.15) is 0 Å². The van der Waals surface area contributed by atoms with Gasteiger partial charge in [0.15, 0.2) is 5.96 Å². The van der Waals surface area contributed by atoms with Gasteiger partial charge in [0.25, 0.3) is 0 Å². The molecule has 0 aromatic carbocycles. The highest BCUT2D eigenvalue weighted by Crippen LogP contribution is 2.28. The SMILES string of the molecule is CN=C(NCC1CC1)NCC1CCCN1CC1CCCCC1. The van der Waals surface area contributed by atoms with Gasteiger partial charge >= 0.3 is 0 Å². The first-order valence-corrected chi connectivity index (χ1v) is 9.53. The monoisotopic (exact) mass is 306 g/mol. The van der Waals surface area contributed by atoms with E-state index in [-0.39, 0.29) is 0 Å². The molecule has 0 spiro atoms. The van der Waals surface area contributed by atoms with Crippen molar-refractivity contribution in [3.63, 3.8) is 0 Å². The predicted molar refractivity (Wildman–Crippen MR) is 93.3 cm³/mol. The topological polar surface area (TPSA) is 39.7 Å². The molecule has 2 saturated carbocycles. The van der Waals surface area contributed by atoms with E-state index in [2.05, 4.69) is 20.5 Å². The first-order chi connectivity index (χ1) is 10.8. The van der Waals surface area contributed by atoms with E-state index >= 15 is 0 Å². The van der Waals surface area contributed by atoms with Crippen LogP contribution in [0, 0.1) is 11.8 Å². The summed E-state index contributed by atoms with van der Waals surface area (Å²) in [5.74, 6) is 2.85. The first kappa shape index (κ1) is 16.1. The third-order valence-corrected chi connectivity index (χ3v) is 5.70. The second-order valence-corrected chi connectivity index (χ2v) is 7.57. The minimum Gasteiger partial charge on any atom is -0.356 e. The lowest BCUT2D eigenvalue weighted by Crippen LogP contribution is -2.46. The van der Waals surface area contributed by atoms with Gasteiger partial charge in [-0.25, -0.2) is 0 Å². The van der Waals surface area contributed by atoms with Crippen LogP contribution in [0.2, 0.25) is 0 Å². The lowest BCUT2D eigenvalue weighted by Gasteiger charge is -2.31. The van der Waals surface area contributed by atoms with Gasteiger partial charge < -0.3 is 10.6 Å². The van der Waals surface area contributed by atoms with Crippen molar-refractivity contribution in [2.75, 3.05) is 33.2 Å². The molecule has 1 heterocycles. The fourth-order valence-electron chi connectivity index (χ4n) is 4.07. The molecule has 1 aliphatic heterocycles. The average molecular weight is 306 g/mol. The average Bonchev–Trinajstić information content (AvgIpc) is 3.28. The molecule has 22 heavy (non-hydrogen) atoms. The van der Waals surface area contributed by atoms with Crippen molar-refractivity contribution in [2.45, 2.75) is 63.8 Å². The molecule has 2 aliphatic carbocycles. The van der Waals surface area contributed by atoms with Crippen molar-refractivity contribution < 1.29 is 0 Å². The van der Waals surface area contributed by atoms with Crippen LogP contribution in [0.5, 0.6) is 0 Å². The number of likely N-dealkylation sites (tertiary alicyclic amines) is 1. The highest BCUT2D eigenvalue weighted by molar-refractivity contribution is 5.79. The summed E-state index contributed by atoms with van der Waals surface area (Å²) in [5.41, 5.74) is 0. The molecule has 2 N–H and O–H groups in total. The predicted octanol–water partition coefficient (Wildman–Crippen LogP) is 2.61. The van der Waals surface area contributed by atoms with Crippen LogP contribution in [-0.4, -0.2) is 50.1 Å². The van der Waals surface area contributed by atoms with Gasteiger partial charge in [0.05, 0.1) is 0 Å². The molecule has 3 aliphatic rings. The van der Waals surface area contributed by atoms with E-state index in [1.165, 1.54) is 70.9 Å². The number of nitrogens with zero attached hydrogens (tertiary/aromatic N) is 2. The molecule has 126 valence electrons. The molecule has 1 atom stereocenters. The summed E-state index contributed by atoms with van der Waals surface area (Å²) >= 11 is 0. The van der Waals surface area contributed by atoms with Crippen LogP contribution >= 0.6 is 0 Å². The Hall–Kier alpha value is -0.770. The molecule has 0 amide bonds. The zero-order valence-electron chi connectivity index (χ0n) is 14.3. The molecule has 3 rings (SSSR count). The maximum Gasteiger partial charge on any atom is 0.191 e. The van der Waals surface area contributed by atoms with Crippen LogP contribution in [0.3, 0.4) is 0 Å². The largest absolute Gasteiger partial charge is 0.356 e. The van der Waals surface area contributed by atoms with Crippen LogP contribution < -0.4 is 10.6 Å². The molecule has 3 fully saturated rings. The summed E-state index contributed by atoms with van der Waals surface area (Å²) in [7, 11) is 1.89. The van der Waals surface area contributed by atoms with Crippen molar-refractivity contribution in [2.24, 2.45) is 16.8 Å². The number of hydrogen-bond donors (Lipinski definition) is 2. The Bertz CT molecular complexity index is 358. The Morgan fingerprint density at radius 3 is 2.41 bits per heavy atom. The Morgan fingerprint density at radius 1 is 0.909 bits per heavy atom. The maximum atomic E-state index is 4.37. The van der Waals surface area contributed by atoms with E-state index in [0.717, 1.165) is 30.9 Å². The zero-order valence-corrected chi connectivity index (χ0v) is 14.3. The highest BCUT2D eigenvalue weighted by Gasteiger charge is 2.27. The summed E-state index contributed by atoms with van der Waals surface area (Å²) < 4.78 is 0. The normalized spacial score (nSPS) is 28.0. The number of rotatable bonds is 6. The summed E-state index contributed by atoms with van der Waals surface area (Å²) in [6, 6.07) is 0.710. The molecular formula is C18H34N4. The molecule has 4 heteroatoms. The van der Waals surface area contributed by atoms with E-state index in [4.69, 9.17) is 0 Å². The molecule has 0 aromatic heterocycles. The third-order valence-electron chi connectivity index (χ3n) is 5.70. The number of nitrogens with one attached hydrogen (secondary N) is 2. The van der Waals surface area contributed by atoms with Crippen LogP contribution in [0.25, 0.3) is 0 Å². The second kappa shape index (κ2) is 8.19. The summed E-state index contributed by atoms with van der Waals surface area (Å²) in [4.78, 5) is 7.11. The van der Waals surface area contributed by atoms with Gasteiger partial charge in [-0.3, -0.25) is 9.89 Å². The molecular weight excluding hydrogens is 272 g/mol. The van der Waals surface area contributed by atoms with Crippen molar-refractivity contribution >= 4 is 5.96 Å². The van der Waals surface area contributed by atoms with Crippen molar-refractivity contribution in [3.05, 3.63) is 0 Å². The van der Waals surface area contributed by atoms with E-state index in [1.807, 2.05) is 7.05 Å². The van der Waals surface area contributed by atoms with Crippen molar-refractivity contribution in [3.8, 4) is 0 Å². The number of aliphatic imine (C=N–C) groups is 1. The van der Waals surface area contributed by atoms with Crippen molar-refractivity contribution in [1.29, 1.82) is 0 Å². The molecule has 0 radical (unpaired) electrons. The van der Waals surface area contributed by atoms with E-state index < -0.39 is 0 Å². The summed E-state index contributed by atoms with van der Waals surface area (Å²) in [6.07, 6.45) is 12.8. The lowest BCUT2D eigenvalue weighted by atomic mass is 9.89. The molecule has 1 unspecified atom stereocenters. The highest BCUT2D eigenvalue weighted by atomic mass is 15.2. The van der Waals surface area contributed by atoms with Gasteiger partial charge in [-0.05, 0) is 56.9 Å². The van der Waals surface area contributed by atoms with Gasteiger partial charge in [0, 0.05) is 32.7 Å². The van der Waals surface area contributed by atoms with Gasteiger partial charge in [-0.15, -0.1) is 0 Å². The lowest BCUT2D eigenvalue weighted by molar-refractivity contribution is 0.188. The standard InChI is InChI=1S/C18H34N4/c1-19-18(20-12-15-9-10-15)21-13-17-8-5-11-22(17)14-16-6-3-2-4-7-16/h15-17H,2-14H2,1H3,(H2,19,20,21). The smallest absolute Gasteiger partial charge is 0.191 e. The maximum absolute atomic E-state index is 4.37. The molecule has 4 nitrogen and oxygen atoms in total. The second-order valence-electron chi connectivity index (χ2n) is 7.57. The Labute approximate surface area is 136 Å². The Kier molecular flexibility index (Phi) is 5.99. The number of hydrogen-bond acceptors (Lipinski definition) is 2. The van der Waals surface area contributed by atoms with Crippen LogP contribution in [0.4, 0.5) is 0 Å². The van der Waals surface area contributed by atoms with Crippen molar-refractivity contribution in [1.82, 2.24) is 15.5 Å².